The van der Waals surface area contributed by atoms with Gasteiger partial charge in [-0.2, -0.15) is 0 Å². The van der Waals surface area contributed by atoms with E-state index in [1.807, 2.05) is 12.1 Å². The predicted octanol–water partition coefficient (Wildman–Crippen LogP) is 2.66. The number of hydrogen-bond acceptors (Lipinski definition) is 4. The predicted molar refractivity (Wildman–Crippen MR) is 79.4 cm³/mol. The molecule has 1 aromatic carbocycles. The van der Waals surface area contributed by atoms with Crippen LogP contribution in [0.15, 0.2) is 30.5 Å². The van der Waals surface area contributed by atoms with Gasteiger partial charge in [-0.1, -0.05) is 29.9 Å². The SMILES string of the molecule is CC1OC(n2ccc3ccc(Cl)cc3c2=S)C(O)C1O. The number of aliphatic hydroxyl groups is 2. The lowest BCUT2D eigenvalue weighted by Gasteiger charge is -2.19. The number of aliphatic hydroxyl groups excluding tert-OH is 2. The second-order valence-corrected chi connectivity index (χ2v) is 5.80. The Kier molecular flexibility index (Phi) is 3.56. The first kappa shape index (κ1) is 14.0. The number of pyridine rings is 1. The van der Waals surface area contributed by atoms with Gasteiger partial charge in [0.25, 0.3) is 0 Å². The average molecular weight is 312 g/mol. The monoisotopic (exact) mass is 311 g/mol. The highest BCUT2D eigenvalue weighted by Gasteiger charge is 2.41. The van der Waals surface area contributed by atoms with Crippen LogP contribution in [0.4, 0.5) is 0 Å². The molecule has 0 bridgehead atoms. The van der Waals surface area contributed by atoms with Crippen molar-refractivity contribution in [1.82, 2.24) is 4.57 Å². The molecule has 3 rings (SSSR count). The van der Waals surface area contributed by atoms with Crippen LogP contribution in [0.5, 0.6) is 0 Å². The lowest BCUT2D eigenvalue weighted by atomic mass is 10.1. The summed E-state index contributed by atoms with van der Waals surface area (Å²) in [7, 11) is 0. The highest BCUT2D eigenvalue weighted by Crippen LogP contribution is 2.31. The van der Waals surface area contributed by atoms with E-state index in [0.29, 0.717) is 9.66 Å². The molecular weight excluding hydrogens is 298 g/mol. The summed E-state index contributed by atoms with van der Waals surface area (Å²) < 4.78 is 7.78. The van der Waals surface area contributed by atoms with E-state index >= 15 is 0 Å². The summed E-state index contributed by atoms with van der Waals surface area (Å²) in [5.41, 5.74) is 0. The van der Waals surface area contributed by atoms with Crippen molar-refractivity contribution < 1.29 is 14.9 Å². The summed E-state index contributed by atoms with van der Waals surface area (Å²) in [6.07, 6.45) is -1.29. The third-order valence-corrected chi connectivity index (χ3v) is 4.31. The third-order valence-electron chi connectivity index (χ3n) is 3.65. The second-order valence-electron chi connectivity index (χ2n) is 4.97. The third kappa shape index (κ3) is 2.16. The Balaban J connectivity index is 2.14. The van der Waals surface area contributed by atoms with E-state index in [2.05, 4.69) is 0 Å². The molecule has 0 spiro atoms. The Morgan fingerprint density at radius 2 is 2.00 bits per heavy atom. The maximum atomic E-state index is 10.1. The van der Waals surface area contributed by atoms with Crippen LogP contribution in [0.2, 0.25) is 5.02 Å². The molecule has 4 unspecified atom stereocenters. The smallest absolute Gasteiger partial charge is 0.163 e. The van der Waals surface area contributed by atoms with Gasteiger partial charge in [0.05, 0.1) is 6.10 Å². The van der Waals surface area contributed by atoms with Gasteiger partial charge in [-0.3, -0.25) is 0 Å². The van der Waals surface area contributed by atoms with Gasteiger partial charge >= 0.3 is 0 Å². The lowest BCUT2D eigenvalue weighted by Crippen LogP contribution is -2.30. The fraction of sp³-hybridized carbons (Fsp3) is 0.357. The molecule has 2 aromatic rings. The molecule has 4 nitrogen and oxygen atoms in total. The molecule has 1 aliphatic heterocycles. The highest BCUT2D eigenvalue weighted by molar-refractivity contribution is 7.71. The molecule has 4 atom stereocenters. The number of nitrogens with zero attached hydrogens (tertiary/aromatic N) is 1. The topological polar surface area (TPSA) is 54.6 Å². The molecule has 20 heavy (non-hydrogen) atoms. The van der Waals surface area contributed by atoms with Crippen LogP contribution in [0.25, 0.3) is 10.8 Å². The zero-order valence-corrected chi connectivity index (χ0v) is 12.3. The van der Waals surface area contributed by atoms with E-state index in [4.69, 9.17) is 28.6 Å². The fourth-order valence-corrected chi connectivity index (χ4v) is 3.00. The fourth-order valence-electron chi connectivity index (χ4n) is 2.48. The van der Waals surface area contributed by atoms with Crippen molar-refractivity contribution in [2.45, 2.75) is 31.5 Å². The van der Waals surface area contributed by atoms with Gasteiger partial charge in [0.1, 0.15) is 16.8 Å². The zero-order valence-electron chi connectivity index (χ0n) is 10.7. The normalized spacial score (nSPS) is 30.0. The van der Waals surface area contributed by atoms with E-state index in [1.165, 1.54) is 0 Å². The summed E-state index contributed by atoms with van der Waals surface area (Å²) in [4.78, 5) is 0. The number of aromatic nitrogens is 1. The Morgan fingerprint density at radius 1 is 1.25 bits per heavy atom. The minimum atomic E-state index is -1.01. The van der Waals surface area contributed by atoms with Gasteiger partial charge in [0, 0.05) is 16.6 Å². The maximum absolute atomic E-state index is 10.1. The van der Waals surface area contributed by atoms with Gasteiger partial charge in [-0.05, 0) is 30.5 Å². The molecule has 2 heterocycles. The van der Waals surface area contributed by atoms with Crippen LogP contribution in [0.1, 0.15) is 13.2 Å². The molecule has 0 saturated carbocycles. The van der Waals surface area contributed by atoms with E-state index in [9.17, 15) is 10.2 Å². The first-order chi connectivity index (χ1) is 9.49. The lowest BCUT2D eigenvalue weighted by molar-refractivity contribution is -0.0329. The summed E-state index contributed by atoms with van der Waals surface area (Å²) in [5, 5.41) is 22.3. The standard InChI is InChI=1S/C14H14ClNO3S/c1-7-11(17)12(18)13(19-7)16-5-4-8-2-3-9(15)6-10(8)14(16)20/h2-7,11-13,17-18H,1H3. The van der Waals surface area contributed by atoms with Crippen LogP contribution < -0.4 is 0 Å². The molecule has 106 valence electrons. The van der Waals surface area contributed by atoms with Crippen molar-refractivity contribution in [3.05, 3.63) is 40.1 Å². The summed E-state index contributed by atoms with van der Waals surface area (Å²) in [6, 6.07) is 7.36. The van der Waals surface area contributed by atoms with Crippen molar-refractivity contribution in [3.8, 4) is 0 Å². The van der Waals surface area contributed by atoms with Crippen LogP contribution in [0, 0.1) is 4.64 Å². The van der Waals surface area contributed by atoms with Crippen LogP contribution in [0.3, 0.4) is 0 Å². The second kappa shape index (κ2) is 5.09. The minimum absolute atomic E-state index is 0.438. The van der Waals surface area contributed by atoms with Gasteiger partial charge < -0.3 is 19.5 Å². The van der Waals surface area contributed by atoms with Gasteiger partial charge in [-0.25, -0.2) is 0 Å². The summed E-state index contributed by atoms with van der Waals surface area (Å²) in [5.74, 6) is 0. The number of halogens is 1. The maximum Gasteiger partial charge on any atom is 0.163 e. The molecule has 0 radical (unpaired) electrons. The Hall–Kier alpha value is -0.980. The number of ether oxygens (including phenoxy) is 1. The van der Waals surface area contributed by atoms with Crippen molar-refractivity contribution >= 4 is 34.6 Å². The molecule has 6 heteroatoms. The Labute approximate surface area is 126 Å². The van der Waals surface area contributed by atoms with Crippen LogP contribution >= 0.6 is 23.8 Å². The summed E-state index contributed by atoms with van der Waals surface area (Å²) >= 11 is 11.5. The number of hydrogen-bond donors (Lipinski definition) is 2. The van der Waals surface area contributed by atoms with E-state index in [0.717, 1.165) is 10.8 Å². The first-order valence-electron chi connectivity index (χ1n) is 6.31. The first-order valence-corrected chi connectivity index (χ1v) is 7.09. The molecular formula is C14H14ClNO3S. The largest absolute Gasteiger partial charge is 0.388 e. The zero-order chi connectivity index (χ0) is 14.4. The molecule has 1 aromatic heterocycles. The van der Waals surface area contributed by atoms with Gasteiger partial charge in [0.2, 0.25) is 0 Å². The number of benzene rings is 1. The van der Waals surface area contributed by atoms with Crippen molar-refractivity contribution in [2.75, 3.05) is 0 Å². The highest BCUT2D eigenvalue weighted by atomic mass is 35.5. The van der Waals surface area contributed by atoms with E-state index < -0.39 is 24.5 Å². The Morgan fingerprint density at radius 3 is 2.65 bits per heavy atom. The minimum Gasteiger partial charge on any atom is -0.388 e. The average Bonchev–Trinajstić information content (AvgIpc) is 2.68. The molecule has 1 aliphatic rings. The van der Waals surface area contributed by atoms with Crippen molar-refractivity contribution in [2.24, 2.45) is 0 Å². The molecule has 2 N–H and O–H groups in total. The van der Waals surface area contributed by atoms with Gasteiger partial charge in [-0.15, -0.1) is 0 Å². The van der Waals surface area contributed by atoms with Gasteiger partial charge in [0.15, 0.2) is 6.23 Å². The molecule has 1 saturated heterocycles. The Bertz CT molecular complexity index is 717. The molecule has 1 fully saturated rings. The van der Waals surface area contributed by atoms with Crippen molar-refractivity contribution in [1.29, 1.82) is 0 Å². The number of fused-ring (bicyclic) bond motifs is 1. The van der Waals surface area contributed by atoms with Crippen LogP contribution in [-0.2, 0) is 4.74 Å². The molecule has 0 aliphatic carbocycles. The van der Waals surface area contributed by atoms with Crippen molar-refractivity contribution in [3.63, 3.8) is 0 Å². The number of rotatable bonds is 1. The van der Waals surface area contributed by atoms with E-state index in [-0.39, 0.29) is 0 Å². The summed E-state index contributed by atoms with van der Waals surface area (Å²) in [6.45, 7) is 1.72. The quantitative estimate of drug-likeness (QED) is 0.795. The van der Waals surface area contributed by atoms with Crippen LogP contribution in [-0.4, -0.2) is 33.1 Å². The van der Waals surface area contributed by atoms with E-state index in [1.54, 1.807) is 29.8 Å². The molecule has 0 amide bonds.